The second kappa shape index (κ2) is 9.54. The van der Waals surface area contributed by atoms with Gasteiger partial charge in [0.1, 0.15) is 5.82 Å². The molecule has 1 aromatic heterocycles. The first-order valence-electron chi connectivity index (χ1n) is 9.15. The number of benzene rings is 1. The van der Waals surface area contributed by atoms with E-state index in [2.05, 4.69) is 20.6 Å². The average Bonchev–Trinajstić information content (AvgIpc) is 3.29. The Hall–Kier alpha value is -2.12. The lowest BCUT2D eigenvalue weighted by molar-refractivity contribution is 0.0191. The van der Waals surface area contributed by atoms with Crippen molar-refractivity contribution in [3.8, 4) is 0 Å². The van der Waals surface area contributed by atoms with Crippen molar-refractivity contribution in [1.82, 2.24) is 15.6 Å². The Morgan fingerprint density at radius 1 is 1.38 bits per heavy atom. The van der Waals surface area contributed by atoms with Crippen LogP contribution in [0.4, 0.5) is 4.39 Å². The van der Waals surface area contributed by atoms with Gasteiger partial charge in [-0.3, -0.25) is 4.99 Å². The number of nitrogens with one attached hydrogen (secondary N) is 3. The van der Waals surface area contributed by atoms with Crippen LogP contribution in [0.25, 0.3) is 10.9 Å². The van der Waals surface area contributed by atoms with E-state index in [0.717, 1.165) is 54.8 Å². The van der Waals surface area contributed by atoms with Gasteiger partial charge in [-0.15, -0.1) is 0 Å². The molecule has 0 bridgehead atoms. The van der Waals surface area contributed by atoms with Crippen molar-refractivity contribution in [1.29, 1.82) is 0 Å². The monoisotopic (exact) mass is 362 g/mol. The van der Waals surface area contributed by atoms with Gasteiger partial charge in [0.25, 0.3) is 0 Å². The fourth-order valence-electron chi connectivity index (χ4n) is 3.13. The number of rotatable bonds is 8. The van der Waals surface area contributed by atoms with Crippen LogP contribution in [0.3, 0.4) is 0 Å². The van der Waals surface area contributed by atoms with Gasteiger partial charge in [0.15, 0.2) is 5.96 Å². The number of halogens is 1. The van der Waals surface area contributed by atoms with Crippen LogP contribution in [0.2, 0.25) is 0 Å². The molecule has 3 rings (SSSR count). The van der Waals surface area contributed by atoms with E-state index in [0.29, 0.717) is 19.8 Å². The first-order chi connectivity index (χ1) is 12.8. The van der Waals surface area contributed by atoms with Crippen LogP contribution in [-0.4, -0.2) is 57.0 Å². The van der Waals surface area contributed by atoms with Crippen LogP contribution >= 0.6 is 0 Å². The fourth-order valence-corrected chi connectivity index (χ4v) is 3.13. The standard InChI is InChI=1S/C19H27FN4O2/c1-21-19(23-8-10-25-13-16-3-2-9-26-16)22-7-6-14-12-24-18-11-15(20)4-5-17(14)18/h4-5,11-12,16,24H,2-3,6-10,13H2,1H3,(H2,21,22,23). The van der Waals surface area contributed by atoms with Crippen LogP contribution in [0, 0.1) is 5.82 Å². The van der Waals surface area contributed by atoms with E-state index in [1.807, 2.05) is 12.3 Å². The molecule has 7 heteroatoms. The van der Waals surface area contributed by atoms with Crippen LogP contribution in [0.1, 0.15) is 18.4 Å². The molecule has 1 aliphatic heterocycles. The Balaban J connectivity index is 1.34. The molecule has 1 unspecified atom stereocenters. The Morgan fingerprint density at radius 3 is 3.08 bits per heavy atom. The molecule has 0 radical (unpaired) electrons. The summed E-state index contributed by atoms with van der Waals surface area (Å²) >= 11 is 0. The number of hydrogen-bond acceptors (Lipinski definition) is 3. The van der Waals surface area contributed by atoms with Crippen molar-refractivity contribution in [3.63, 3.8) is 0 Å². The number of nitrogens with zero attached hydrogens (tertiary/aromatic N) is 1. The van der Waals surface area contributed by atoms with Gasteiger partial charge < -0.3 is 25.1 Å². The molecule has 6 nitrogen and oxygen atoms in total. The number of guanidine groups is 1. The van der Waals surface area contributed by atoms with Gasteiger partial charge in [-0.2, -0.15) is 0 Å². The predicted molar refractivity (Wildman–Crippen MR) is 101 cm³/mol. The summed E-state index contributed by atoms with van der Waals surface area (Å²) in [6, 6.07) is 4.82. The van der Waals surface area contributed by atoms with Gasteiger partial charge in [-0.1, -0.05) is 0 Å². The number of aromatic nitrogens is 1. The zero-order valence-corrected chi connectivity index (χ0v) is 15.2. The molecule has 142 valence electrons. The topological polar surface area (TPSA) is 70.7 Å². The number of aromatic amines is 1. The molecule has 1 fully saturated rings. The lowest BCUT2D eigenvalue weighted by atomic mass is 10.1. The maximum absolute atomic E-state index is 13.2. The Labute approximate surface area is 153 Å². The second-order valence-corrected chi connectivity index (χ2v) is 6.39. The van der Waals surface area contributed by atoms with E-state index < -0.39 is 0 Å². The smallest absolute Gasteiger partial charge is 0.191 e. The fraction of sp³-hybridized carbons (Fsp3) is 0.526. The molecule has 1 atom stereocenters. The highest BCUT2D eigenvalue weighted by Gasteiger charge is 2.14. The quantitative estimate of drug-likeness (QED) is 0.383. The van der Waals surface area contributed by atoms with E-state index in [4.69, 9.17) is 9.47 Å². The van der Waals surface area contributed by atoms with Gasteiger partial charge in [0.2, 0.25) is 0 Å². The molecule has 0 aliphatic carbocycles. The van der Waals surface area contributed by atoms with Crippen LogP contribution in [0.5, 0.6) is 0 Å². The third-order valence-corrected chi connectivity index (χ3v) is 4.51. The highest BCUT2D eigenvalue weighted by molar-refractivity contribution is 5.83. The summed E-state index contributed by atoms with van der Waals surface area (Å²) < 4.78 is 24.4. The molecule has 3 N–H and O–H groups in total. The number of ether oxygens (including phenoxy) is 2. The SMILES string of the molecule is CN=C(NCCOCC1CCCO1)NCCc1c[nH]c2cc(F)ccc12. The Bertz CT molecular complexity index is 725. The van der Waals surface area contributed by atoms with Crippen molar-refractivity contribution >= 4 is 16.9 Å². The van der Waals surface area contributed by atoms with E-state index in [1.165, 1.54) is 12.1 Å². The Kier molecular flexibility index (Phi) is 6.85. The molecule has 26 heavy (non-hydrogen) atoms. The minimum Gasteiger partial charge on any atom is -0.377 e. The number of fused-ring (bicyclic) bond motifs is 1. The zero-order chi connectivity index (χ0) is 18.2. The third kappa shape index (κ3) is 5.19. The molecule has 0 spiro atoms. The first kappa shape index (κ1) is 18.7. The summed E-state index contributed by atoms with van der Waals surface area (Å²) in [5, 5.41) is 7.58. The second-order valence-electron chi connectivity index (χ2n) is 6.39. The third-order valence-electron chi connectivity index (χ3n) is 4.51. The van der Waals surface area contributed by atoms with E-state index in [9.17, 15) is 4.39 Å². The van der Waals surface area contributed by atoms with E-state index in [1.54, 1.807) is 7.05 Å². The summed E-state index contributed by atoms with van der Waals surface area (Å²) in [6.07, 6.45) is 5.24. The maximum Gasteiger partial charge on any atom is 0.191 e. The molecule has 1 saturated heterocycles. The van der Waals surface area contributed by atoms with Gasteiger partial charge in [0.05, 0.1) is 19.3 Å². The maximum atomic E-state index is 13.2. The van der Waals surface area contributed by atoms with Crippen LogP contribution < -0.4 is 10.6 Å². The summed E-state index contributed by atoms with van der Waals surface area (Å²) in [7, 11) is 1.75. The summed E-state index contributed by atoms with van der Waals surface area (Å²) in [4.78, 5) is 7.32. The van der Waals surface area contributed by atoms with Crippen LogP contribution in [-0.2, 0) is 15.9 Å². The molecular formula is C19H27FN4O2. The lowest BCUT2D eigenvalue weighted by Crippen LogP contribution is -2.40. The largest absolute Gasteiger partial charge is 0.377 e. The summed E-state index contributed by atoms with van der Waals surface area (Å²) in [5.74, 6) is 0.520. The average molecular weight is 362 g/mol. The predicted octanol–water partition coefficient (Wildman–Crippen LogP) is 2.21. The summed E-state index contributed by atoms with van der Waals surface area (Å²) in [6.45, 7) is 3.57. The lowest BCUT2D eigenvalue weighted by Gasteiger charge is -2.13. The number of hydrogen-bond donors (Lipinski definition) is 3. The van der Waals surface area contributed by atoms with Crippen molar-refractivity contribution in [2.24, 2.45) is 4.99 Å². The van der Waals surface area contributed by atoms with Gasteiger partial charge in [-0.05, 0) is 43.0 Å². The zero-order valence-electron chi connectivity index (χ0n) is 15.2. The number of aliphatic imine (C=N–C) groups is 1. The van der Waals surface area contributed by atoms with E-state index >= 15 is 0 Å². The molecule has 0 saturated carbocycles. The minimum absolute atomic E-state index is 0.227. The summed E-state index contributed by atoms with van der Waals surface area (Å²) in [5.41, 5.74) is 1.98. The van der Waals surface area contributed by atoms with Gasteiger partial charge in [0, 0.05) is 43.8 Å². The highest BCUT2D eigenvalue weighted by atomic mass is 19.1. The molecular weight excluding hydrogens is 335 g/mol. The number of H-pyrrole nitrogens is 1. The van der Waals surface area contributed by atoms with Crippen molar-refractivity contribution < 1.29 is 13.9 Å². The van der Waals surface area contributed by atoms with E-state index in [-0.39, 0.29) is 11.9 Å². The van der Waals surface area contributed by atoms with Crippen molar-refractivity contribution in [2.45, 2.75) is 25.4 Å². The Morgan fingerprint density at radius 2 is 2.27 bits per heavy atom. The van der Waals surface area contributed by atoms with Gasteiger partial charge >= 0.3 is 0 Å². The minimum atomic E-state index is -0.227. The molecule has 2 aromatic rings. The van der Waals surface area contributed by atoms with Crippen molar-refractivity contribution in [2.75, 3.05) is 40.0 Å². The molecule has 1 aliphatic rings. The normalized spacial score (nSPS) is 17.8. The molecule has 2 heterocycles. The van der Waals surface area contributed by atoms with Crippen LogP contribution in [0.15, 0.2) is 29.4 Å². The highest BCUT2D eigenvalue weighted by Crippen LogP contribution is 2.19. The molecule has 0 amide bonds. The van der Waals surface area contributed by atoms with Crippen molar-refractivity contribution in [3.05, 3.63) is 35.8 Å². The van der Waals surface area contributed by atoms with Gasteiger partial charge in [-0.25, -0.2) is 4.39 Å². The first-order valence-corrected chi connectivity index (χ1v) is 9.15. The molecule has 1 aromatic carbocycles.